The molecule has 5 nitrogen and oxygen atoms in total. The highest BCUT2D eigenvalue weighted by atomic mass is 16.2. The normalized spacial score (nSPS) is 9.67. The number of aromatic nitrogens is 3. The summed E-state index contributed by atoms with van der Waals surface area (Å²) < 4.78 is 0. The summed E-state index contributed by atoms with van der Waals surface area (Å²) in [4.78, 5) is 17.4. The Balaban J connectivity index is 2.79. The van der Waals surface area contributed by atoms with Crippen LogP contribution in [0.2, 0.25) is 0 Å². The fraction of sp³-hybridized carbons (Fsp3) is 0.500. The molecule has 1 rings (SSSR count). The largest absolute Gasteiger partial charge is 0.325 e. The summed E-state index contributed by atoms with van der Waals surface area (Å²) in [5, 5.41) is 6.54. The maximum atomic E-state index is 11.8. The van der Waals surface area contributed by atoms with Gasteiger partial charge in [0.2, 0.25) is 5.82 Å². The third-order valence-corrected chi connectivity index (χ3v) is 2.01. The van der Waals surface area contributed by atoms with Gasteiger partial charge in [-0.3, -0.25) is 9.89 Å². The van der Waals surface area contributed by atoms with Crippen molar-refractivity contribution in [3.05, 3.63) is 11.6 Å². The molecular formula is C10H14N4O. The summed E-state index contributed by atoms with van der Waals surface area (Å²) in [5.41, 5.74) is 0. The SMILES string of the molecule is C#CCN(CC)C(=O)c1n[nH]c(CC)n1. The molecule has 80 valence electrons. The number of nitrogens with one attached hydrogen (secondary N) is 1. The Morgan fingerprint density at radius 3 is 2.80 bits per heavy atom. The fourth-order valence-corrected chi connectivity index (χ4v) is 1.13. The van der Waals surface area contributed by atoms with Crippen molar-refractivity contribution >= 4 is 5.91 Å². The van der Waals surface area contributed by atoms with E-state index in [1.165, 1.54) is 4.90 Å². The van der Waals surface area contributed by atoms with E-state index >= 15 is 0 Å². The minimum absolute atomic E-state index is 0.184. The van der Waals surface area contributed by atoms with E-state index in [-0.39, 0.29) is 18.3 Å². The molecule has 0 bridgehead atoms. The highest BCUT2D eigenvalue weighted by Gasteiger charge is 2.17. The van der Waals surface area contributed by atoms with E-state index in [0.29, 0.717) is 12.4 Å². The summed E-state index contributed by atoms with van der Waals surface area (Å²) >= 11 is 0. The molecule has 0 spiro atoms. The third kappa shape index (κ3) is 2.56. The summed E-state index contributed by atoms with van der Waals surface area (Å²) in [5.74, 6) is 3.09. The van der Waals surface area contributed by atoms with Crippen molar-refractivity contribution in [2.45, 2.75) is 20.3 Å². The van der Waals surface area contributed by atoms with Gasteiger partial charge in [0.25, 0.3) is 5.91 Å². The zero-order valence-electron chi connectivity index (χ0n) is 8.95. The molecule has 0 saturated heterocycles. The van der Waals surface area contributed by atoms with Crippen LogP contribution in [0.25, 0.3) is 0 Å². The van der Waals surface area contributed by atoms with Crippen LogP contribution in [0.3, 0.4) is 0 Å². The van der Waals surface area contributed by atoms with Gasteiger partial charge in [0.05, 0.1) is 6.54 Å². The van der Waals surface area contributed by atoms with E-state index in [1.54, 1.807) is 0 Å². The van der Waals surface area contributed by atoms with Crippen LogP contribution < -0.4 is 0 Å². The zero-order valence-corrected chi connectivity index (χ0v) is 8.95. The van der Waals surface area contributed by atoms with Crippen molar-refractivity contribution in [1.82, 2.24) is 20.1 Å². The highest BCUT2D eigenvalue weighted by Crippen LogP contribution is 1.99. The van der Waals surface area contributed by atoms with Gasteiger partial charge in [-0.1, -0.05) is 12.8 Å². The minimum Gasteiger partial charge on any atom is -0.325 e. The second-order valence-corrected chi connectivity index (χ2v) is 2.98. The van der Waals surface area contributed by atoms with Gasteiger partial charge in [-0.25, -0.2) is 4.98 Å². The van der Waals surface area contributed by atoms with Gasteiger partial charge < -0.3 is 4.90 Å². The van der Waals surface area contributed by atoms with Gasteiger partial charge in [0.1, 0.15) is 5.82 Å². The van der Waals surface area contributed by atoms with Crippen LogP contribution in [0, 0.1) is 12.3 Å². The molecule has 0 aromatic carbocycles. The predicted molar refractivity (Wildman–Crippen MR) is 56.2 cm³/mol. The first-order valence-corrected chi connectivity index (χ1v) is 4.86. The number of carbonyl (C=O) groups excluding carboxylic acids is 1. The van der Waals surface area contributed by atoms with E-state index in [1.807, 2.05) is 13.8 Å². The van der Waals surface area contributed by atoms with Crippen LogP contribution in [-0.4, -0.2) is 39.1 Å². The Bertz CT molecular complexity index is 377. The first-order valence-electron chi connectivity index (χ1n) is 4.86. The molecule has 1 heterocycles. The van der Waals surface area contributed by atoms with E-state index in [0.717, 1.165) is 6.42 Å². The number of aromatic amines is 1. The smallest absolute Gasteiger partial charge is 0.294 e. The van der Waals surface area contributed by atoms with E-state index in [4.69, 9.17) is 6.42 Å². The first-order chi connectivity index (χ1) is 7.22. The third-order valence-electron chi connectivity index (χ3n) is 2.01. The highest BCUT2D eigenvalue weighted by molar-refractivity contribution is 5.90. The monoisotopic (exact) mass is 206 g/mol. The molecule has 1 aromatic heterocycles. The Morgan fingerprint density at radius 2 is 2.33 bits per heavy atom. The number of amides is 1. The maximum Gasteiger partial charge on any atom is 0.294 e. The van der Waals surface area contributed by atoms with Crippen LogP contribution >= 0.6 is 0 Å². The molecule has 5 heteroatoms. The maximum absolute atomic E-state index is 11.8. The summed E-state index contributed by atoms with van der Waals surface area (Å²) in [6.07, 6.45) is 5.88. The average molecular weight is 206 g/mol. The van der Waals surface area contributed by atoms with E-state index in [9.17, 15) is 4.79 Å². The predicted octanol–water partition coefficient (Wildman–Crippen LogP) is 0.462. The molecule has 0 fully saturated rings. The number of carbonyl (C=O) groups is 1. The molecule has 1 aromatic rings. The number of H-pyrrole nitrogens is 1. The Kier molecular flexibility index (Phi) is 3.86. The first kappa shape index (κ1) is 11.2. The second kappa shape index (κ2) is 5.15. The topological polar surface area (TPSA) is 61.9 Å². The fourth-order valence-electron chi connectivity index (χ4n) is 1.13. The Morgan fingerprint density at radius 1 is 1.60 bits per heavy atom. The summed E-state index contributed by atoms with van der Waals surface area (Å²) in [6.45, 7) is 4.64. The number of aryl methyl sites for hydroxylation is 1. The molecule has 15 heavy (non-hydrogen) atoms. The standard InChI is InChI=1S/C10H14N4O/c1-4-7-14(6-3)10(15)9-11-8(5-2)12-13-9/h1H,5-7H2,2-3H3,(H,11,12,13). The average Bonchev–Trinajstić information content (AvgIpc) is 2.73. The molecule has 0 atom stereocenters. The van der Waals surface area contributed by atoms with Gasteiger partial charge in [-0.15, -0.1) is 11.5 Å². The van der Waals surface area contributed by atoms with Crippen LogP contribution in [0.1, 0.15) is 30.3 Å². The van der Waals surface area contributed by atoms with Gasteiger partial charge in [0.15, 0.2) is 0 Å². The lowest BCUT2D eigenvalue weighted by Gasteiger charge is -2.15. The van der Waals surface area contributed by atoms with Gasteiger partial charge in [-0.05, 0) is 6.92 Å². The Hall–Kier alpha value is -1.83. The van der Waals surface area contributed by atoms with Gasteiger partial charge in [-0.2, -0.15) is 0 Å². The second-order valence-electron chi connectivity index (χ2n) is 2.98. The molecule has 0 aliphatic rings. The Labute approximate surface area is 88.9 Å². The lowest BCUT2D eigenvalue weighted by molar-refractivity contribution is 0.0773. The van der Waals surface area contributed by atoms with Crippen molar-refractivity contribution in [3.63, 3.8) is 0 Å². The van der Waals surface area contributed by atoms with Crippen molar-refractivity contribution in [1.29, 1.82) is 0 Å². The molecule has 1 N–H and O–H groups in total. The number of hydrogen-bond acceptors (Lipinski definition) is 3. The van der Waals surface area contributed by atoms with Crippen LogP contribution in [0.15, 0.2) is 0 Å². The lowest BCUT2D eigenvalue weighted by atomic mass is 10.4. The molecule has 0 saturated carbocycles. The summed E-state index contributed by atoms with van der Waals surface area (Å²) in [6, 6.07) is 0. The molecule has 0 aliphatic heterocycles. The van der Waals surface area contributed by atoms with Crippen molar-refractivity contribution < 1.29 is 4.79 Å². The van der Waals surface area contributed by atoms with Crippen LogP contribution in [0.4, 0.5) is 0 Å². The van der Waals surface area contributed by atoms with Crippen molar-refractivity contribution in [2.24, 2.45) is 0 Å². The number of nitrogens with zero attached hydrogens (tertiary/aromatic N) is 3. The van der Waals surface area contributed by atoms with Crippen molar-refractivity contribution in [3.8, 4) is 12.3 Å². The summed E-state index contributed by atoms with van der Waals surface area (Å²) in [7, 11) is 0. The quantitative estimate of drug-likeness (QED) is 0.728. The van der Waals surface area contributed by atoms with E-state index < -0.39 is 0 Å². The van der Waals surface area contributed by atoms with Gasteiger partial charge >= 0.3 is 0 Å². The number of hydrogen-bond donors (Lipinski definition) is 1. The van der Waals surface area contributed by atoms with Gasteiger partial charge in [0, 0.05) is 13.0 Å². The molecular weight excluding hydrogens is 192 g/mol. The lowest BCUT2D eigenvalue weighted by Crippen LogP contribution is -2.31. The molecule has 0 aliphatic carbocycles. The minimum atomic E-state index is -0.230. The van der Waals surface area contributed by atoms with Crippen LogP contribution in [0.5, 0.6) is 0 Å². The van der Waals surface area contributed by atoms with Crippen molar-refractivity contribution in [2.75, 3.05) is 13.1 Å². The molecule has 1 amide bonds. The number of terminal acetylenes is 1. The van der Waals surface area contributed by atoms with Crippen LogP contribution in [-0.2, 0) is 6.42 Å². The zero-order chi connectivity index (χ0) is 11.3. The molecule has 0 unspecified atom stereocenters. The molecule has 0 radical (unpaired) electrons. The van der Waals surface area contributed by atoms with E-state index in [2.05, 4.69) is 21.1 Å². The number of rotatable bonds is 4.